The Kier molecular flexibility index (Phi) is 3.93. The number of ether oxygens (including phenoxy) is 3. The maximum atomic E-state index is 11.2. The van der Waals surface area contributed by atoms with Gasteiger partial charge in [0.1, 0.15) is 11.7 Å². The van der Waals surface area contributed by atoms with Crippen LogP contribution < -0.4 is 5.32 Å². The zero-order chi connectivity index (χ0) is 11.5. The van der Waals surface area contributed by atoms with Crippen molar-refractivity contribution in [3.63, 3.8) is 0 Å². The first kappa shape index (κ1) is 12.3. The summed E-state index contributed by atoms with van der Waals surface area (Å²) in [4.78, 5) is 11.2. The van der Waals surface area contributed by atoms with E-state index in [0.717, 1.165) is 0 Å². The highest BCUT2D eigenvalue weighted by Crippen LogP contribution is 2.22. The van der Waals surface area contributed by atoms with Crippen molar-refractivity contribution in [2.45, 2.75) is 45.7 Å². The number of nitrogens with one attached hydrogen (secondary N) is 1. The SMILES string of the molecule is CCOC1OC1CNC(=O)OC(C)(C)C. The van der Waals surface area contributed by atoms with Gasteiger partial charge in [-0.15, -0.1) is 0 Å². The quantitative estimate of drug-likeness (QED) is 0.720. The second-order valence-electron chi connectivity index (χ2n) is 4.38. The van der Waals surface area contributed by atoms with Crippen LogP contribution in [-0.2, 0) is 14.2 Å². The van der Waals surface area contributed by atoms with Crippen molar-refractivity contribution in [2.24, 2.45) is 0 Å². The second kappa shape index (κ2) is 4.81. The first-order valence-corrected chi connectivity index (χ1v) is 5.16. The molecule has 2 unspecified atom stereocenters. The van der Waals surface area contributed by atoms with Gasteiger partial charge in [0.25, 0.3) is 0 Å². The van der Waals surface area contributed by atoms with Crippen LogP contribution in [0.15, 0.2) is 0 Å². The summed E-state index contributed by atoms with van der Waals surface area (Å²) >= 11 is 0. The summed E-state index contributed by atoms with van der Waals surface area (Å²) in [5.74, 6) is 0. The molecule has 1 aliphatic rings. The van der Waals surface area contributed by atoms with Crippen LogP contribution >= 0.6 is 0 Å². The number of carbonyl (C=O) groups excluding carboxylic acids is 1. The lowest BCUT2D eigenvalue weighted by Gasteiger charge is -2.19. The van der Waals surface area contributed by atoms with Crippen LogP contribution in [0, 0.1) is 0 Å². The Morgan fingerprint density at radius 2 is 2.13 bits per heavy atom. The monoisotopic (exact) mass is 217 g/mol. The lowest BCUT2D eigenvalue weighted by atomic mass is 10.2. The summed E-state index contributed by atoms with van der Waals surface area (Å²) in [5.41, 5.74) is -0.464. The zero-order valence-corrected chi connectivity index (χ0v) is 9.70. The fraction of sp³-hybridized carbons (Fsp3) is 0.900. The lowest BCUT2D eigenvalue weighted by Crippen LogP contribution is -2.34. The number of alkyl carbamates (subject to hydrolysis) is 1. The summed E-state index contributed by atoms with van der Waals surface area (Å²) < 4.78 is 15.4. The summed E-state index contributed by atoms with van der Waals surface area (Å²) in [6.45, 7) is 8.42. The summed E-state index contributed by atoms with van der Waals surface area (Å²) in [6, 6.07) is 0. The fourth-order valence-corrected chi connectivity index (χ4v) is 1.08. The van der Waals surface area contributed by atoms with Gasteiger partial charge in [-0.2, -0.15) is 0 Å². The Morgan fingerprint density at radius 1 is 1.47 bits per heavy atom. The molecule has 1 saturated heterocycles. The molecule has 0 aliphatic carbocycles. The van der Waals surface area contributed by atoms with Crippen LogP contribution in [0.2, 0.25) is 0 Å². The molecule has 0 aromatic rings. The lowest BCUT2D eigenvalue weighted by molar-refractivity contribution is 0.0524. The molecule has 15 heavy (non-hydrogen) atoms. The molecule has 0 saturated carbocycles. The highest BCUT2D eigenvalue weighted by molar-refractivity contribution is 5.67. The Labute approximate surface area is 90.1 Å². The number of rotatable bonds is 4. The van der Waals surface area contributed by atoms with Gasteiger partial charge in [0.2, 0.25) is 0 Å². The van der Waals surface area contributed by atoms with Crippen LogP contribution in [0.25, 0.3) is 0 Å². The van der Waals surface area contributed by atoms with Crippen LogP contribution in [0.4, 0.5) is 4.79 Å². The van der Waals surface area contributed by atoms with E-state index < -0.39 is 11.7 Å². The summed E-state index contributed by atoms with van der Waals surface area (Å²) in [6.07, 6.45) is -0.615. The van der Waals surface area contributed by atoms with E-state index in [1.807, 2.05) is 27.7 Å². The first-order chi connectivity index (χ1) is 6.92. The highest BCUT2D eigenvalue weighted by Gasteiger charge is 2.39. The smallest absolute Gasteiger partial charge is 0.407 e. The van der Waals surface area contributed by atoms with E-state index >= 15 is 0 Å². The predicted molar refractivity (Wildman–Crippen MR) is 54.5 cm³/mol. The minimum absolute atomic E-state index is 0.0301. The van der Waals surface area contributed by atoms with E-state index in [4.69, 9.17) is 14.2 Å². The Bertz CT molecular complexity index is 224. The minimum Gasteiger partial charge on any atom is -0.444 e. The number of hydrogen-bond donors (Lipinski definition) is 1. The normalized spacial score (nSPS) is 24.8. The Hall–Kier alpha value is -0.810. The minimum atomic E-state index is -0.464. The standard InChI is InChI=1S/C10H19NO4/c1-5-13-8-7(14-8)6-11-9(12)15-10(2,3)4/h7-8H,5-6H2,1-4H3,(H,11,12). The average Bonchev–Trinajstić information content (AvgIpc) is 2.78. The summed E-state index contributed by atoms with van der Waals surface area (Å²) in [5, 5.41) is 2.62. The van der Waals surface area contributed by atoms with Crippen LogP contribution in [0.5, 0.6) is 0 Å². The molecule has 1 aliphatic heterocycles. The van der Waals surface area contributed by atoms with E-state index in [1.54, 1.807) is 0 Å². The molecule has 1 rings (SSSR count). The number of amides is 1. The molecule has 1 fully saturated rings. The maximum absolute atomic E-state index is 11.2. The molecule has 5 nitrogen and oxygen atoms in total. The van der Waals surface area contributed by atoms with E-state index in [-0.39, 0.29) is 12.4 Å². The molecular weight excluding hydrogens is 198 g/mol. The molecule has 0 aromatic heterocycles. The zero-order valence-electron chi connectivity index (χ0n) is 9.70. The third kappa shape index (κ3) is 4.99. The molecule has 1 amide bonds. The molecule has 0 aromatic carbocycles. The van der Waals surface area contributed by atoms with Gasteiger partial charge < -0.3 is 19.5 Å². The van der Waals surface area contributed by atoms with Gasteiger partial charge in [0, 0.05) is 6.61 Å². The summed E-state index contributed by atoms with van der Waals surface area (Å²) in [7, 11) is 0. The van der Waals surface area contributed by atoms with Gasteiger partial charge in [0.05, 0.1) is 6.54 Å². The molecular formula is C10H19NO4. The van der Waals surface area contributed by atoms with Crippen LogP contribution in [-0.4, -0.2) is 37.2 Å². The Morgan fingerprint density at radius 3 is 2.67 bits per heavy atom. The number of epoxide rings is 1. The van der Waals surface area contributed by atoms with Gasteiger partial charge >= 0.3 is 6.09 Å². The fourth-order valence-electron chi connectivity index (χ4n) is 1.08. The van der Waals surface area contributed by atoms with Crippen molar-refractivity contribution in [3.05, 3.63) is 0 Å². The third-order valence-corrected chi connectivity index (χ3v) is 1.71. The van der Waals surface area contributed by atoms with Gasteiger partial charge in [-0.25, -0.2) is 4.79 Å². The topological polar surface area (TPSA) is 60.1 Å². The van der Waals surface area contributed by atoms with Crippen molar-refractivity contribution >= 4 is 6.09 Å². The van der Waals surface area contributed by atoms with Gasteiger partial charge in [-0.05, 0) is 27.7 Å². The molecule has 0 radical (unpaired) electrons. The molecule has 5 heteroatoms. The van der Waals surface area contributed by atoms with E-state index in [9.17, 15) is 4.79 Å². The largest absolute Gasteiger partial charge is 0.444 e. The highest BCUT2D eigenvalue weighted by atomic mass is 16.8. The van der Waals surface area contributed by atoms with Crippen molar-refractivity contribution in [1.29, 1.82) is 0 Å². The van der Waals surface area contributed by atoms with Crippen molar-refractivity contribution in [1.82, 2.24) is 5.32 Å². The van der Waals surface area contributed by atoms with Crippen molar-refractivity contribution < 1.29 is 19.0 Å². The third-order valence-electron chi connectivity index (χ3n) is 1.71. The van der Waals surface area contributed by atoms with Crippen molar-refractivity contribution in [3.8, 4) is 0 Å². The number of carbonyl (C=O) groups is 1. The van der Waals surface area contributed by atoms with Crippen LogP contribution in [0.1, 0.15) is 27.7 Å². The molecule has 0 spiro atoms. The maximum Gasteiger partial charge on any atom is 0.407 e. The molecule has 0 bridgehead atoms. The molecule has 88 valence electrons. The molecule has 1 N–H and O–H groups in total. The van der Waals surface area contributed by atoms with Crippen molar-refractivity contribution in [2.75, 3.05) is 13.2 Å². The van der Waals surface area contributed by atoms with Gasteiger partial charge in [-0.1, -0.05) is 0 Å². The Balaban J connectivity index is 2.09. The van der Waals surface area contributed by atoms with Crippen LogP contribution in [0.3, 0.4) is 0 Å². The van der Waals surface area contributed by atoms with E-state index in [2.05, 4.69) is 5.32 Å². The average molecular weight is 217 g/mol. The molecule has 1 heterocycles. The molecule has 2 atom stereocenters. The van der Waals surface area contributed by atoms with E-state index in [1.165, 1.54) is 0 Å². The van der Waals surface area contributed by atoms with Gasteiger partial charge in [-0.3, -0.25) is 0 Å². The number of hydrogen-bond acceptors (Lipinski definition) is 4. The second-order valence-corrected chi connectivity index (χ2v) is 4.38. The first-order valence-electron chi connectivity index (χ1n) is 5.16. The predicted octanol–water partition coefficient (Wildman–Crippen LogP) is 1.27. The van der Waals surface area contributed by atoms with Gasteiger partial charge in [0.15, 0.2) is 6.29 Å². The van der Waals surface area contributed by atoms with E-state index in [0.29, 0.717) is 13.2 Å².